The van der Waals surface area contributed by atoms with Crippen molar-refractivity contribution in [2.75, 3.05) is 13.7 Å². The van der Waals surface area contributed by atoms with Crippen molar-refractivity contribution in [3.05, 3.63) is 23.8 Å². The van der Waals surface area contributed by atoms with Gasteiger partial charge < -0.3 is 14.8 Å². The van der Waals surface area contributed by atoms with Crippen molar-refractivity contribution < 1.29 is 9.47 Å². The minimum Gasteiger partial charge on any atom is -0.493 e. The van der Waals surface area contributed by atoms with Crippen molar-refractivity contribution >= 4 is 0 Å². The number of ether oxygens (including phenoxy) is 2. The molecule has 0 bridgehead atoms. The van der Waals surface area contributed by atoms with Gasteiger partial charge in [-0.2, -0.15) is 0 Å². The first-order valence-electron chi connectivity index (χ1n) is 7.09. The second kappa shape index (κ2) is 8.05. The summed E-state index contributed by atoms with van der Waals surface area (Å²) in [6.07, 6.45) is 1.13. The normalized spacial score (nSPS) is 12.5. The van der Waals surface area contributed by atoms with Crippen LogP contribution in [0.3, 0.4) is 0 Å². The molecule has 0 aliphatic carbocycles. The molecule has 1 aromatic rings. The van der Waals surface area contributed by atoms with Gasteiger partial charge in [0.15, 0.2) is 11.5 Å². The van der Waals surface area contributed by atoms with Crippen molar-refractivity contribution in [2.45, 2.75) is 46.7 Å². The van der Waals surface area contributed by atoms with E-state index >= 15 is 0 Å². The molecule has 0 radical (unpaired) electrons. The topological polar surface area (TPSA) is 30.5 Å². The Bertz CT molecular complexity index is 377. The molecular formula is C16H27NO2. The minimum atomic E-state index is 0.511. The van der Waals surface area contributed by atoms with Gasteiger partial charge in [0.25, 0.3) is 0 Å². The number of nitrogens with one attached hydrogen (secondary N) is 1. The van der Waals surface area contributed by atoms with Gasteiger partial charge in [0.1, 0.15) is 0 Å². The molecule has 0 aliphatic rings. The average Bonchev–Trinajstić information content (AvgIpc) is 2.42. The summed E-state index contributed by atoms with van der Waals surface area (Å²) in [5.41, 5.74) is 1.22. The van der Waals surface area contributed by atoms with Crippen molar-refractivity contribution in [3.8, 4) is 11.5 Å². The van der Waals surface area contributed by atoms with Gasteiger partial charge in [0, 0.05) is 12.6 Å². The van der Waals surface area contributed by atoms with Crippen molar-refractivity contribution in [1.82, 2.24) is 5.32 Å². The van der Waals surface area contributed by atoms with Crippen molar-refractivity contribution in [3.63, 3.8) is 0 Å². The number of rotatable bonds is 8. The molecule has 0 heterocycles. The van der Waals surface area contributed by atoms with E-state index in [2.05, 4.69) is 39.1 Å². The molecule has 108 valence electrons. The van der Waals surface area contributed by atoms with Crippen LogP contribution < -0.4 is 14.8 Å². The number of hydrogen-bond donors (Lipinski definition) is 1. The molecule has 0 saturated carbocycles. The predicted molar refractivity (Wildman–Crippen MR) is 79.9 cm³/mol. The molecule has 0 aromatic heterocycles. The fourth-order valence-corrected chi connectivity index (χ4v) is 1.63. The monoisotopic (exact) mass is 265 g/mol. The van der Waals surface area contributed by atoms with Crippen LogP contribution in [0.2, 0.25) is 0 Å². The molecule has 3 heteroatoms. The first kappa shape index (κ1) is 15.8. The van der Waals surface area contributed by atoms with E-state index in [0.29, 0.717) is 18.6 Å². The third-order valence-electron chi connectivity index (χ3n) is 3.07. The maximum atomic E-state index is 5.75. The summed E-state index contributed by atoms with van der Waals surface area (Å²) in [4.78, 5) is 0. The highest BCUT2D eigenvalue weighted by molar-refractivity contribution is 5.42. The molecule has 0 fully saturated rings. The lowest BCUT2D eigenvalue weighted by Crippen LogP contribution is -2.24. The zero-order valence-corrected chi connectivity index (χ0v) is 12.8. The van der Waals surface area contributed by atoms with Crippen LogP contribution >= 0.6 is 0 Å². The van der Waals surface area contributed by atoms with Gasteiger partial charge >= 0.3 is 0 Å². The molecule has 1 atom stereocenters. The lowest BCUT2D eigenvalue weighted by atomic mass is 10.1. The van der Waals surface area contributed by atoms with Crippen LogP contribution in [0.4, 0.5) is 0 Å². The summed E-state index contributed by atoms with van der Waals surface area (Å²) in [5, 5.41) is 3.47. The molecule has 0 saturated heterocycles. The molecule has 1 rings (SSSR count). The molecule has 0 spiro atoms. The van der Waals surface area contributed by atoms with E-state index < -0.39 is 0 Å². The minimum absolute atomic E-state index is 0.511. The van der Waals surface area contributed by atoms with E-state index in [1.807, 2.05) is 12.1 Å². The van der Waals surface area contributed by atoms with Gasteiger partial charge in [-0.15, -0.1) is 0 Å². The molecule has 3 nitrogen and oxygen atoms in total. The Hall–Kier alpha value is -1.22. The molecular weight excluding hydrogens is 238 g/mol. The smallest absolute Gasteiger partial charge is 0.161 e. The first-order chi connectivity index (χ1) is 9.06. The Morgan fingerprint density at radius 3 is 2.47 bits per heavy atom. The van der Waals surface area contributed by atoms with Crippen molar-refractivity contribution in [1.29, 1.82) is 0 Å². The Kier molecular flexibility index (Phi) is 6.71. The SMILES string of the molecule is CC[C@H](C)NCc1ccc(OCC(C)C)c(OC)c1. The Morgan fingerprint density at radius 1 is 1.16 bits per heavy atom. The second-order valence-electron chi connectivity index (χ2n) is 5.38. The Labute approximate surface area is 117 Å². The second-order valence-corrected chi connectivity index (χ2v) is 5.38. The highest BCUT2D eigenvalue weighted by Gasteiger charge is 2.07. The van der Waals surface area contributed by atoms with Gasteiger partial charge in [-0.3, -0.25) is 0 Å². The van der Waals surface area contributed by atoms with E-state index in [0.717, 1.165) is 24.5 Å². The predicted octanol–water partition coefficient (Wildman–Crippen LogP) is 3.62. The van der Waals surface area contributed by atoms with Crippen LogP contribution in [-0.2, 0) is 6.54 Å². The van der Waals surface area contributed by atoms with E-state index in [1.165, 1.54) is 5.56 Å². The fourth-order valence-electron chi connectivity index (χ4n) is 1.63. The lowest BCUT2D eigenvalue weighted by Gasteiger charge is -2.15. The molecule has 1 aromatic carbocycles. The van der Waals surface area contributed by atoms with Gasteiger partial charge in [0.2, 0.25) is 0 Å². The summed E-state index contributed by atoms with van der Waals surface area (Å²) >= 11 is 0. The van der Waals surface area contributed by atoms with Gasteiger partial charge in [-0.1, -0.05) is 26.8 Å². The molecule has 0 unspecified atom stereocenters. The summed E-state index contributed by atoms with van der Waals surface area (Å²) < 4.78 is 11.1. The third kappa shape index (κ3) is 5.52. The average molecular weight is 265 g/mol. The Morgan fingerprint density at radius 2 is 1.89 bits per heavy atom. The lowest BCUT2D eigenvalue weighted by molar-refractivity contribution is 0.256. The molecule has 0 aliphatic heterocycles. The van der Waals surface area contributed by atoms with Crippen molar-refractivity contribution in [2.24, 2.45) is 5.92 Å². The summed E-state index contributed by atoms with van der Waals surface area (Å²) in [5.74, 6) is 2.14. The van der Waals surface area contributed by atoms with Crippen LogP contribution in [0, 0.1) is 5.92 Å². The van der Waals surface area contributed by atoms with Gasteiger partial charge in [0.05, 0.1) is 13.7 Å². The van der Waals surface area contributed by atoms with Crippen LogP contribution in [0.5, 0.6) is 11.5 Å². The maximum Gasteiger partial charge on any atom is 0.161 e. The van der Waals surface area contributed by atoms with Crippen LogP contribution in [0.15, 0.2) is 18.2 Å². The van der Waals surface area contributed by atoms with E-state index in [1.54, 1.807) is 7.11 Å². The highest BCUT2D eigenvalue weighted by Crippen LogP contribution is 2.28. The summed E-state index contributed by atoms with van der Waals surface area (Å²) in [6.45, 7) is 10.2. The summed E-state index contributed by atoms with van der Waals surface area (Å²) in [7, 11) is 1.68. The zero-order valence-electron chi connectivity index (χ0n) is 12.8. The van der Waals surface area contributed by atoms with Gasteiger partial charge in [-0.25, -0.2) is 0 Å². The van der Waals surface area contributed by atoms with Gasteiger partial charge in [-0.05, 0) is 37.0 Å². The highest BCUT2D eigenvalue weighted by atomic mass is 16.5. The van der Waals surface area contributed by atoms with Crippen LogP contribution in [0.25, 0.3) is 0 Å². The molecule has 19 heavy (non-hydrogen) atoms. The number of methoxy groups -OCH3 is 1. The van der Waals surface area contributed by atoms with Crippen LogP contribution in [-0.4, -0.2) is 19.8 Å². The third-order valence-corrected chi connectivity index (χ3v) is 3.07. The molecule has 0 amide bonds. The quantitative estimate of drug-likeness (QED) is 0.778. The maximum absolute atomic E-state index is 5.75. The number of benzene rings is 1. The largest absolute Gasteiger partial charge is 0.493 e. The fraction of sp³-hybridized carbons (Fsp3) is 0.625. The molecule has 1 N–H and O–H groups in total. The first-order valence-corrected chi connectivity index (χ1v) is 7.09. The van der Waals surface area contributed by atoms with Crippen LogP contribution in [0.1, 0.15) is 39.7 Å². The van der Waals surface area contributed by atoms with E-state index in [4.69, 9.17) is 9.47 Å². The standard InChI is InChI=1S/C16H27NO2/c1-6-13(4)17-10-14-7-8-15(16(9-14)18-5)19-11-12(2)3/h7-9,12-13,17H,6,10-11H2,1-5H3/t13-/m0/s1. The van der Waals surface area contributed by atoms with E-state index in [9.17, 15) is 0 Å². The Balaban J connectivity index is 2.66. The zero-order chi connectivity index (χ0) is 14.3. The van der Waals surface area contributed by atoms with E-state index in [-0.39, 0.29) is 0 Å². The number of hydrogen-bond acceptors (Lipinski definition) is 3. The summed E-state index contributed by atoms with van der Waals surface area (Å²) in [6, 6.07) is 6.66.